The molecule has 2 rings (SSSR count). The van der Waals surface area contributed by atoms with Crippen molar-refractivity contribution in [3.63, 3.8) is 0 Å². The zero-order valence-corrected chi connectivity index (χ0v) is 10.2. The molecule has 0 radical (unpaired) electrons. The molecule has 0 aromatic carbocycles. The molecule has 1 aliphatic rings. The molecule has 1 aromatic rings. The third-order valence-corrected chi connectivity index (χ3v) is 3.12. The Morgan fingerprint density at radius 2 is 2.24 bits per heavy atom. The van der Waals surface area contributed by atoms with E-state index < -0.39 is 0 Å². The molecule has 0 N–H and O–H groups in total. The zero-order chi connectivity index (χ0) is 12.1. The second kappa shape index (κ2) is 5.98. The number of ether oxygens (including phenoxy) is 1. The molecule has 1 aromatic heterocycles. The largest absolute Gasteiger partial charge is 0.457 e. The Kier molecular flexibility index (Phi) is 4.34. The van der Waals surface area contributed by atoms with Gasteiger partial charge in [-0.3, -0.25) is 9.69 Å². The number of rotatable bonds is 5. The maximum absolute atomic E-state index is 10.5. The normalized spacial score (nSPS) is 18.4. The minimum Gasteiger partial charge on any atom is -0.457 e. The fourth-order valence-electron chi connectivity index (χ4n) is 2.23. The van der Waals surface area contributed by atoms with Gasteiger partial charge in [-0.1, -0.05) is 0 Å². The Morgan fingerprint density at radius 1 is 1.47 bits per heavy atom. The first-order valence-corrected chi connectivity index (χ1v) is 6.19. The highest BCUT2D eigenvalue weighted by atomic mass is 16.5. The molecule has 4 nitrogen and oxygen atoms in total. The van der Waals surface area contributed by atoms with E-state index in [2.05, 4.69) is 4.90 Å². The highest BCUT2D eigenvalue weighted by molar-refractivity contribution is 5.70. The van der Waals surface area contributed by atoms with E-state index in [9.17, 15) is 4.79 Å². The van der Waals surface area contributed by atoms with Gasteiger partial charge in [-0.15, -0.1) is 0 Å². The molecule has 0 aliphatic carbocycles. The Balaban J connectivity index is 1.79. The van der Waals surface area contributed by atoms with Gasteiger partial charge in [0, 0.05) is 19.7 Å². The van der Waals surface area contributed by atoms with Gasteiger partial charge in [0.15, 0.2) is 12.0 Å². The van der Waals surface area contributed by atoms with Crippen LogP contribution in [0.1, 0.15) is 36.1 Å². The number of carbonyl (C=O) groups excluding carboxylic acids is 1. The van der Waals surface area contributed by atoms with E-state index in [1.54, 1.807) is 6.07 Å². The van der Waals surface area contributed by atoms with Gasteiger partial charge in [0.1, 0.15) is 5.76 Å². The van der Waals surface area contributed by atoms with Gasteiger partial charge >= 0.3 is 0 Å². The molecule has 0 saturated carbocycles. The number of aldehydes is 1. The van der Waals surface area contributed by atoms with Crippen LogP contribution in [0, 0.1) is 0 Å². The lowest BCUT2D eigenvalue weighted by molar-refractivity contribution is 0.0112. The summed E-state index contributed by atoms with van der Waals surface area (Å²) in [4.78, 5) is 12.8. The van der Waals surface area contributed by atoms with E-state index in [0.29, 0.717) is 11.9 Å². The van der Waals surface area contributed by atoms with Crippen molar-refractivity contribution in [1.82, 2.24) is 4.90 Å². The quantitative estimate of drug-likeness (QED) is 0.735. The second-order valence-electron chi connectivity index (χ2n) is 4.35. The highest BCUT2D eigenvalue weighted by Gasteiger charge is 2.19. The predicted octanol–water partition coefficient (Wildman–Crippen LogP) is 2.09. The van der Waals surface area contributed by atoms with Crippen LogP contribution in [-0.2, 0) is 11.3 Å². The number of hydrogen-bond acceptors (Lipinski definition) is 4. The van der Waals surface area contributed by atoms with Crippen molar-refractivity contribution in [3.8, 4) is 0 Å². The lowest BCUT2D eigenvalue weighted by atomic mass is 10.1. The van der Waals surface area contributed by atoms with Crippen molar-refractivity contribution >= 4 is 6.29 Å². The minimum absolute atomic E-state index is 0.407. The number of carbonyl (C=O) groups is 1. The summed E-state index contributed by atoms with van der Waals surface area (Å²) in [6, 6.07) is 3.59. The average Bonchev–Trinajstić information content (AvgIpc) is 2.80. The van der Waals surface area contributed by atoms with E-state index in [-0.39, 0.29) is 0 Å². The van der Waals surface area contributed by atoms with E-state index >= 15 is 0 Å². The van der Waals surface area contributed by atoms with Crippen molar-refractivity contribution < 1.29 is 13.9 Å². The Labute approximate surface area is 102 Å². The van der Waals surface area contributed by atoms with Crippen molar-refractivity contribution in [2.45, 2.75) is 32.4 Å². The molecule has 0 amide bonds. The van der Waals surface area contributed by atoms with Crippen molar-refractivity contribution in [2.75, 3.05) is 19.7 Å². The number of likely N-dealkylation sites (tertiary alicyclic amines) is 1. The van der Waals surface area contributed by atoms with Gasteiger partial charge in [0.25, 0.3) is 0 Å². The lowest BCUT2D eigenvalue weighted by Gasteiger charge is -2.30. The summed E-state index contributed by atoms with van der Waals surface area (Å²) in [5.74, 6) is 1.27. The molecular weight excluding hydrogens is 218 g/mol. The SMILES string of the molecule is CCOC1CCN(Cc2ccc(C=O)o2)CC1. The summed E-state index contributed by atoms with van der Waals surface area (Å²) < 4.78 is 11.0. The van der Waals surface area contributed by atoms with Crippen molar-refractivity contribution in [3.05, 3.63) is 23.7 Å². The molecule has 2 heterocycles. The van der Waals surface area contributed by atoms with E-state index in [0.717, 1.165) is 51.1 Å². The van der Waals surface area contributed by atoms with E-state index in [1.165, 1.54) is 0 Å². The summed E-state index contributed by atoms with van der Waals surface area (Å²) in [7, 11) is 0. The maximum Gasteiger partial charge on any atom is 0.185 e. The smallest absolute Gasteiger partial charge is 0.185 e. The number of hydrogen-bond donors (Lipinski definition) is 0. The summed E-state index contributed by atoms with van der Waals surface area (Å²) >= 11 is 0. The van der Waals surface area contributed by atoms with E-state index in [4.69, 9.17) is 9.15 Å². The molecular formula is C13H19NO3. The molecule has 1 saturated heterocycles. The van der Waals surface area contributed by atoms with Gasteiger partial charge < -0.3 is 9.15 Å². The number of furan rings is 1. The molecule has 17 heavy (non-hydrogen) atoms. The van der Waals surface area contributed by atoms with Crippen LogP contribution in [0.5, 0.6) is 0 Å². The fraction of sp³-hybridized carbons (Fsp3) is 0.615. The predicted molar refractivity (Wildman–Crippen MR) is 64.0 cm³/mol. The summed E-state index contributed by atoms with van der Waals surface area (Å²) in [6.07, 6.45) is 3.31. The second-order valence-corrected chi connectivity index (χ2v) is 4.35. The van der Waals surface area contributed by atoms with Crippen LogP contribution in [0.2, 0.25) is 0 Å². The summed E-state index contributed by atoms with van der Waals surface area (Å²) in [6.45, 7) is 5.68. The van der Waals surface area contributed by atoms with Gasteiger partial charge in [0.2, 0.25) is 0 Å². The van der Waals surface area contributed by atoms with Gasteiger partial charge in [-0.05, 0) is 31.9 Å². The summed E-state index contributed by atoms with van der Waals surface area (Å²) in [5.41, 5.74) is 0. The molecule has 0 spiro atoms. The Hall–Kier alpha value is -1.13. The molecule has 1 aliphatic heterocycles. The first-order chi connectivity index (χ1) is 8.31. The monoisotopic (exact) mass is 237 g/mol. The van der Waals surface area contributed by atoms with Crippen molar-refractivity contribution in [1.29, 1.82) is 0 Å². The Morgan fingerprint density at radius 3 is 2.82 bits per heavy atom. The zero-order valence-electron chi connectivity index (χ0n) is 10.2. The first-order valence-electron chi connectivity index (χ1n) is 6.19. The molecule has 1 fully saturated rings. The first kappa shape index (κ1) is 12.3. The van der Waals surface area contributed by atoms with Crippen LogP contribution in [0.25, 0.3) is 0 Å². The van der Waals surface area contributed by atoms with Crippen LogP contribution >= 0.6 is 0 Å². The van der Waals surface area contributed by atoms with Crippen LogP contribution in [-0.4, -0.2) is 37.0 Å². The van der Waals surface area contributed by atoms with Crippen LogP contribution in [0.4, 0.5) is 0 Å². The number of nitrogens with zero attached hydrogens (tertiary/aromatic N) is 1. The maximum atomic E-state index is 10.5. The third-order valence-electron chi connectivity index (χ3n) is 3.12. The average molecular weight is 237 g/mol. The van der Waals surface area contributed by atoms with Crippen LogP contribution in [0.15, 0.2) is 16.5 Å². The number of piperidine rings is 1. The third kappa shape index (κ3) is 3.41. The highest BCUT2D eigenvalue weighted by Crippen LogP contribution is 2.17. The molecule has 0 atom stereocenters. The summed E-state index contributed by atoms with van der Waals surface area (Å²) in [5, 5.41) is 0. The van der Waals surface area contributed by atoms with E-state index in [1.807, 2.05) is 13.0 Å². The van der Waals surface area contributed by atoms with Crippen molar-refractivity contribution in [2.24, 2.45) is 0 Å². The van der Waals surface area contributed by atoms with Gasteiger partial charge in [-0.2, -0.15) is 0 Å². The lowest BCUT2D eigenvalue weighted by Crippen LogP contribution is -2.36. The van der Waals surface area contributed by atoms with Crippen LogP contribution in [0.3, 0.4) is 0 Å². The van der Waals surface area contributed by atoms with Gasteiger partial charge in [-0.25, -0.2) is 0 Å². The standard InChI is InChI=1S/C13H19NO3/c1-2-16-11-5-7-14(8-6-11)9-12-3-4-13(10-15)17-12/h3-4,10-11H,2,5-9H2,1H3. The topological polar surface area (TPSA) is 42.7 Å². The fourth-order valence-corrected chi connectivity index (χ4v) is 2.23. The van der Waals surface area contributed by atoms with Gasteiger partial charge in [0.05, 0.1) is 12.6 Å². The minimum atomic E-state index is 0.407. The Bertz CT molecular complexity index is 353. The molecule has 0 bridgehead atoms. The van der Waals surface area contributed by atoms with Crippen LogP contribution < -0.4 is 0 Å². The molecule has 0 unspecified atom stereocenters. The molecule has 94 valence electrons. The molecule has 4 heteroatoms.